The number of ether oxygens (including phenoxy) is 1. The molecular weight excluding hydrogens is 438 g/mol. The van der Waals surface area contributed by atoms with Crippen molar-refractivity contribution >= 4 is 57.8 Å². The number of carbonyl (C=O) groups excluding carboxylic acids is 1. The summed E-state index contributed by atoms with van der Waals surface area (Å²) in [5.41, 5.74) is 1.000. The second-order valence-electron chi connectivity index (χ2n) is 6.00. The number of carbonyl (C=O) groups is 1. The second-order valence-corrected chi connectivity index (χ2v) is 7.44. The fourth-order valence-electron chi connectivity index (χ4n) is 2.52. The van der Waals surface area contributed by atoms with Gasteiger partial charge in [-0.1, -0.05) is 0 Å². The third-order valence-corrected chi connectivity index (χ3v) is 5.32. The molecule has 1 aromatic carbocycles. The second kappa shape index (κ2) is 11.8. The van der Waals surface area contributed by atoms with Crippen LogP contribution in [0, 0.1) is 11.3 Å². The van der Waals surface area contributed by atoms with Gasteiger partial charge in [0.25, 0.3) is 5.56 Å². The van der Waals surface area contributed by atoms with E-state index >= 15 is 0 Å². The van der Waals surface area contributed by atoms with Gasteiger partial charge < -0.3 is 25.8 Å². The zero-order valence-corrected chi connectivity index (χ0v) is 18.7. The van der Waals surface area contributed by atoms with Crippen molar-refractivity contribution in [3.8, 4) is 6.07 Å². The largest absolute Gasteiger partial charge is 0.462 e. The summed E-state index contributed by atoms with van der Waals surface area (Å²) in [5.74, 6) is -0.748. The minimum absolute atomic E-state index is 0.0158. The van der Waals surface area contributed by atoms with Gasteiger partial charge in [0.15, 0.2) is 10.7 Å². The molecule has 1 aromatic heterocycles. The quantitative estimate of drug-likeness (QED) is 0.324. The van der Waals surface area contributed by atoms with Crippen molar-refractivity contribution < 1.29 is 14.6 Å². The van der Waals surface area contributed by atoms with E-state index in [0.29, 0.717) is 22.7 Å². The van der Waals surface area contributed by atoms with Crippen molar-refractivity contribution in [1.82, 2.24) is 9.88 Å². The number of hydrogen-bond donors (Lipinski definition) is 4. The Kier molecular flexibility index (Phi) is 9.20. The first kappa shape index (κ1) is 24.1. The Morgan fingerprint density at radius 2 is 2.00 bits per heavy atom. The highest BCUT2D eigenvalue weighted by Crippen LogP contribution is 2.13. The lowest BCUT2D eigenvalue weighted by Crippen LogP contribution is -2.32. The van der Waals surface area contributed by atoms with Crippen molar-refractivity contribution in [2.45, 2.75) is 20.4 Å². The highest BCUT2D eigenvalue weighted by Gasteiger charge is 2.16. The van der Waals surface area contributed by atoms with Gasteiger partial charge in [-0.05, 0) is 50.3 Å². The maximum Gasteiger partial charge on any atom is 0.351 e. The van der Waals surface area contributed by atoms with Gasteiger partial charge in [-0.2, -0.15) is 5.26 Å². The topological polar surface area (TPSA) is 128 Å². The number of nitriles is 1. The maximum absolute atomic E-state index is 12.7. The Morgan fingerprint density at radius 1 is 1.32 bits per heavy atom. The number of aliphatic hydroxyl groups excluding tert-OH is 1. The molecule has 0 amide bonds. The number of nitrogens with zero attached hydrogens (tertiary/aromatic N) is 2. The summed E-state index contributed by atoms with van der Waals surface area (Å²) in [5, 5.41) is 27.5. The fraction of sp³-hybridized carbons (Fsp3) is 0.300. The normalized spacial score (nSPS) is 12.0. The number of esters is 1. The first-order valence-electron chi connectivity index (χ1n) is 9.48. The molecule has 0 saturated heterocycles. The van der Waals surface area contributed by atoms with E-state index in [0.717, 1.165) is 22.7 Å². The number of rotatable bonds is 8. The van der Waals surface area contributed by atoms with Crippen LogP contribution >= 0.6 is 23.6 Å². The summed E-state index contributed by atoms with van der Waals surface area (Å²) in [6.07, 6.45) is 1.54. The lowest BCUT2D eigenvalue weighted by Gasteiger charge is -2.09. The van der Waals surface area contributed by atoms with Gasteiger partial charge in [0.2, 0.25) is 0 Å². The average molecular weight is 462 g/mol. The van der Waals surface area contributed by atoms with E-state index in [2.05, 4.69) is 16.0 Å². The number of aromatic nitrogens is 1. The smallest absolute Gasteiger partial charge is 0.351 e. The minimum Gasteiger partial charge on any atom is -0.462 e. The number of anilines is 2. The van der Waals surface area contributed by atoms with Crippen LogP contribution in [0.25, 0.3) is 11.8 Å². The lowest BCUT2D eigenvalue weighted by atomic mass is 10.3. The lowest BCUT2D eigenvalue weighted by molar-refractivity contribution is -0.136. The number of hydrogen-bond acceptors (Lipinski definition) is 8. The van der Waals surface area contributed by atoms with E-state index in [1.807, 2.05) is 6.07 Å². The van der Waals surface area contributed by atoms with E-state index in [9.17, 15) is 14.9 Å². The summed E-state index contributed by atoms with van der Waals surface area (Å²) in [4.78, 5) is 24.7. The zero-order chi connectivity index (χ0) is 22.8. The number of thiazole rings is 1. The molecule has 9 nitrogen and oxygen atoms in total. The Hall–Kier alpha value is -3.20. The molecule has 0 bridgehead atoms. The van der Waals surface area contributed by atoms with Crippen LogP contribution < -0.4 is 30.7 Å². The van der Waals surface area contributed by atoms with Gasteiger partial charge in [0.05, 0.1) is 13.2 Å². The molecule has 1 heterocycles. The highest BCUT2D eigenvalue weighted by molar-refractivity contribution is 7.80. The van der Waals surface area contributed by atoms with E-state index in [1.165, 1.54) is 4.57 Å². The predicted molar refractivity (Wildman–Crippen MR) is 125 cm³/mol. The van der Waals surface area contributed by atoms with Gasteiger partial charge in [-0.3, -0.25) is 9.36 Å². The third kappa shape index (κ3) is 6.39. The molecule has 0 aliphatic heterocycles. The number of nitrogens with one attached hydrogen (secondary N) is 3. The van der Waals surface area contributed by atoms with E-state index in [-0.39, 0.29) is 29.0 Å². The van der Waals surface area contributed by atoms with E-state index < -0.39 is 5.97 Å². The van der Waals surface area contributed by atoms with Crippen LogP contribution in [0.2, 0.25) is 0 Å². The van der Waals surface area contributed by atoms with Crippen molar-refractivity contribution in [2.24, 2.45) is 0 Å². The van der Waals surface area contributed by atoms with Crippen molar-refractivity contribution in [3.05, 3.63) is 43.8 Å². The molecule has 0 aliphatic rings. The Labute approximate surface area is 188 Å². The van der Waals surface area contributed by atoms with Crippen LogP contribution in [-0.4, -0.2) is 40.5 Å². The number of benzene rings is 1. The Bertz CT molecular complexity index is 1150. The Morgan fingerprint density at radius 3 is 2.58 bits per heavy atom. The van der Waals surface area contributed by atoms with Gasteiger partial charge in [-0.15, -0.1) is 11.3 Å². The van der Waals surface area contributed by atoms with Gasteiger partial charge in [0, 0.05) is 30.7 Å². The van der Waals surface area contributed by atoms with E-state index in [4.69, 9.17) is 22.1 Å². The highest BCUT2D eigenvalue weighted by atomic mass is 32.1. The van der Waals surface area contributed by atoms with Crippen LogP contribution in [0.3, 0.4) is 0 Å². The van der Waals surface area contributed by atoms with Crippen LogP contribution in [0.4, 0.5) is 11.4 Å². The molecule has 0 radical (unpaired) electrons. The summed E-state index contributed by atoms with van der Waals surface area (Å²) in [7, 11) is 0. The van der Waals surface area contributed by atoms with Crippen LogP contribution in [-0.2, 0) is 16.1 Å². The molecule has 2 rings (SSSR count). The maximum atomic E-state index is 12.7. The van der Waals surface area contributed by atoms with Crippen molar-refractivity contribution in [3.63, 3.8) is 0 Å². The molecule has 4 N–H and O–H groups in total. The van der Waals surface area contributed by atoms with Crippen LogP contribution in [0.1, 0.15) is 13.8 Å². The molecular formula is C20H23N5O4S2. The molecule has 0 saturated carbocycles. The van der Waals surface area contributed by atoms with Crippen molar-refractivity contribution in [2.75, 3.05) is 30.4 Å². The van der Waals surface area contributed by atoms with E-state index in [1.54, 1.807) is 44.3 Å². The van der Waals surface area contributed by atoms with Crippen LogP contribution in [0.5, 0.6) is 0 Å². The molecule has 0 aliphatic carbocycles. The molecule has 0 atom stereocenters. The molecule has 164 valence electrons. The van der Waals surface area contributed by atoms with Gasteiger partial charge in [0.1, 0.15) is 15.3 Å². The van der Waals surface area contributed by atoms with Gasteiger partial charge >= 0.3 is 5.97 Å². The Balaban J connectivity index is 2.28. The van der Waals surface area contributed by atoms with Gasteiger partial charge in [-0.25, -0.2) is 4.79 Å². The molecule has 11 heteroatoms. The summed E-state index contributed by atoms with van der Waals surface area (Å²) in [6.45, 7) is 4.21. The SMILES string of the molecule is CCOC(=O)/C(C#N)=c1\s/c(=C/Nc2ccc(NC(=S)NCCO)cc2)c(=O)n1CC. The summed E-state index contributed by atoms with van der Waals surface area (Å²) >= 11 is 6.16. The summed E-state index contributed by atoms with van der Waals surface area (Å²) in [6, 6.07) is 9.05. The molecule has 0 fully saturated rings. The van der Waals surface area contributed by atoms with Crippen molar-refractivity contribution in [1.29, 1.82) is 5.26 Å². The first-order chi connectivity index (χ1) is 14.9. The third-order valence-electron chi connectivity index (χ3n) is 3.94. The molecule has 0 spiro atoms. The standard InChI is InChI=1S/C20H23N5O4S2/c1-3-25-17(27)16(31-18(25)15(11-21)19(28)29-4-2)12-23-13-5-7-14(8-6-13)24-20(30)22-9-10-26/h5-8,12,23,26H,3-4,9-10H2,1-2H3,(H2,22,24,30)/b16-12+,18-15-. The molecule has 2 aromatic rings. The minimum atomic E-state index is -0.748. The van der Waals surface area contributed by atoms with Crippen LogP contribution in [0.15, 0.2) is 29.1 Å². The predicted octanol–water partition coefficient (Wildman–Crippen LogP) is 0.296. The fourth-order valence-corrected chi connectivity index (χ4v) is 3.82. The monoisotopic (exact) mass is 461 g/mol. The summed E-state index contributed by atoms with van der Waals surface area (Å²) < 4.78 is 6.92. The number of aliphatic hydroxyl groups is 1. The number of thiocarbonyl (C=S) groups is 1. The average Bonchev–Trinajstić information content (AvgIpc) is 3.07. The molecule has 31 heavy (non-hydrogen) atoms. The first-order valence-corrected chi connectivity index (χ1v) is 10.7. The molecule has 0 unspecified atom stereocenters. The zero-order valence-electron chi connectivity index (χ0n) is 17.1.